The van der Waals surface area contributed by atoms with Crippen LogP contribution in [0.2, 0.25) is 5.02 Å². The van der Waals surface area contributed by atoms with Gasteiger partial charge in [-0.3, -0.25) is 0 Å². The van der Waals surface area contributed by atoms with Gasteiger partial charge in [0, 0.05) is 5.02 Å². The normalized spacial score (nSPS) is 11.5. The minimum absolute atomic E-state index is 0.272. The van der Waals surface area contributed by atoms with E-state index in [0.29, 0.717) is 9.92 Å². The van der Waals surface area contributed by atoms with Crippen LogP contribution in [0.4, 0.5) is 0 Å². The summed E-state index contributed by atoms with van der Waals surface area (Å²) in [7, 11) is -3.45. The first kappa shape index (κ1) is 13.1. The molecule has 0 aliphatic rings. The quantitative estimate of drug-likeness (QED) is 0.839. The maximum absolute atomic E-state index is 12.4. The van der Waals surface area contributed by atoms with E-state index in [4.69, 9.17) is 11.6 Å². The summed E-state index contributed by atoms with van der Waals surface area (Å²) in [5.41, 5.74) is 1.78. The van der Waals surface area contributed by atoms with Crippen LogP contribution >= 0.6 is 11.6 Å². The molecule has 0 aliphatic carbocycles. The second-order valence-corrected chi connectivity index (χ2v) is 6.58. The molecule has 2 aromatic rings. The van der Waals surface area contributed by atoms with Crippen LogP contribution in [0.15, 0.2) is 52.3 Å². The van der Waals surface area contributed by atoms with E-state index >= 15 is 0 Å². The minimum atomic E-state index is -3.45. The molecule has 0 N–H and O–H groups in total. The molecule has 0 aromatic heterocycles. The Bertz CT molecular complexity index is 673. The maximum Gasteiger partial charge on any atom is 0.206 e. The molecule has 2 rings (SSSR count). The molecule has 0 saturated carbocycles. The van der Waals surface area contributed by atoms with Crippen LogP contribution < -0.4 is 0 Å². The summed E-state index contributed by atoms with van der Waals surface area (Å²) in [5, 5.41) is 0.567. The first-order valence-electron chi connectivity index (χ1n) is 5.49. The zero-order valence-corrected chi connectivity index (χ0v) is 11.7. The van der Waals surface area contributed by atoms with Crippen LogP contribution in [-0.4, -0.2) is 8.42 Å². The van der Waals surface area contributed by atoms with Crippen LogP contribution in [0.1, 0.15) is 11.1 Å². The van der Waals surface area contributed by atoms with Crippen molar-refractivity contribution in [3.05, 3.63) is 58.6 Å². The predicted octanol–water partition coefficient (Wildman–Crippen LogP) is 3.79. The minimum Gasteiger partial charge on any atom is -0.219 e. The van der Waals surface area contributed by atoms with Crippen molar-refractivity contribution in [3.63, 3.8) is 0 Å². The van der Waals surface area contributed by atoms with E-state index in [2.05, 4.69) is 0 Å². The van der Waals surface area contributed by atoms with Crippen molar-refractivity contribution < 1.29 is 8.42 Å². The van der Waals surface area contributed by atoms with E-state index in [0.717, 1.165) is 11.1 Å². The highest BCUT2D eigenvalue weighted by Crippen LogP contribution is 2.25. The van der Waals surface area contributed by atoms with Crippen molar-refractivity contribution in [2.45, 2.75) is 23.6 Å². The van der Waals surface area contributed by atoms with Gasteiger partial charge in [0.25, 0.3) is 0 Å². The van der Waals surface area contributed by atoms with Crippen molar-refractivity contribution in [1.82, 2.24) is 0 Å². The predicted molar refractivity (Wildman–Crippen MR) is 72.8 cm³/mol. The Morgan fingerprint density at radius 3 is 2.00 bits per heavy atom. The summed E-state index contributed by atoms with van der Waals surface area (Å²) in [5.74, 6) is 0. The van der Waals surface area contributed by atoms with E-state index in [-0.39, 0.29) is 4.90 Å². The fourth-order valence-electron chi connectivity index (χ4n) is 1.64. The van der Waals surface area contributed by atoms with E-state index in [9.17, 15) is 8.42 Å². The van der Waals surface area contributed by atoms with Crippen molar-refractivity contribution >= 4 is 21.4 Å². The summed E-state index contributed by atoms with van der Waals surface area (Å²) in [4.78, 5) is 0.572. The summed E-state index contributed by atoms with van der Waals surface area (Å²) < 4.78 is 24.7. The molecule has 0 amide bonds. The third-order valence-electron chi connectivity index (χ3n) is 2.77. The lowest BCUT2D eigenvalue weighted by atomic mass is 10.2. The van der Waals surface area contributed by atoms with Crippen LogP contribution in [0.3, 0.4) is 0 Å². The monoisotopic (exact) mass is 280 g/mol. The molecule has 0 unspecified atom stereocenters. The lowest BCUT2D eigenvalue weighted by molar-refractivity contribution is 0.596. The molecular formula is C14H13ClO2S. The lowest BCUT2D eigenvalue weighted by Crippen LogP contribution is -2.02. The summed E-state index contributed by atoms with van der Waals surface area (Å²) in [6.45, 7) is 3.71. The number of aryl methyl sites for hydroxylation is 2. The van der Waals surface area contributed by atoms with Gasteiger partial charge in [-0.1, -0.05) is 29.3 Å². The third-order valence-corrected chi connectivity index (χ3v) is 4.96. The van der Waals surface area contributed by atoms with Crippen molar-refractivity contribution in [3.8, 4) is 0 Å². The number of rotatable bonds is 2. The van der Waals surface area contributed by atoms with Gasteiger partial charge >= 0.3 is 0 Å². The number of hydrogen-bond acceptors (Lipinski definition) is 2. The molecule has 4 heteroatoms. The number of halogens is 1. The smallest absolute Gasteiger partial charge is 0.206 e. The molecule has 0 heterocycles. The van der Waals surface area contributed by atoms with E-state index in [1.165, 1.54) is 6.07 Å². The van der Waals surface area contributed by atoms with Gasteiger partial charge in [0.1, 0.15) is 0 Å². The van der Waals surface area contributed by atoms with E-state index in [1.807, 2.05) is 6.92 Å². The van der Waals surface area contributed by atoms with Gasteiger partial charge in [0.15, 0.2) is 0 Å². The van der Waals surface area contributed by atoms with Gasteiger partial charge in [0.2, 0.25) is 9.84 Å². The molecule has 18 heavy (non-hydrogen) atoms. The zero-order chi connectivity index (χ0) is 13.3. The summed E-state index contributed by atoms with van der Waals surface area (Å²) >= 11 is 5.90. The fraction of sp³-hybridized carbons (Fsp3) is 0.143. The second kappa shape index (κ2) is 4.75. The van der Waals surface area contributed by atoms with Crippen molar-refractivity contribution in [2.75, 3.05) is 0 Å². The molecule has 0 fully saturated rings. The average molecular weight is 281 g/mol. The molecule has 94 valence electrons. The summed E-state index contributed by atoms with van der Waals surface area (Å²) in [6, 6.07) is 11.6. The highest BCUT2D eigenvalue weighted by molar-refractivity contribution is 7.91. The number of benzene rings is 2. The summed E-state index contributed by atoms with van der Waals surface area (Å²) in [6.07, 6.45) is 0. The molecular weight excluding hydrogens is 268 g/mol. The Balaban J connectivity index is 2.54. The second-order valence-electron chi connectivity index (χ2n) is 4.23. The molecule has 0 bridgehead atoms. The Morgan fingerprint density at radius 2 is 1.44 bits per heavy atom. The van der Waals surface area contributed by atoms with Crippen LogP contribution in [0.25, 0.3) is 0 Å². The topological polar surface area (TPSA) is 34.1 Å². The first-order valence-corrected chi connectivity index (χ1v) is 7.35. The highest BCUT2D eigenvalue weighted by Gasteiger charge is 2.17. The Kier molecular flexibility index (Phi) is 3.46. The fourth-order valence-corrected chi connectivity index (χ4v) is 3.10. The third kappa shape index (κ3) is 2.42. The molecule has 0 aliphatic heterocycles. The highest BCUT2D eigenvalue weighted by atomic mass is 35.5. The number of hydrogen-bond donors (Lipinski definition) is 0. The molecule has 0 atom stereocenters. The van der Waals surface area contributed by atoms with Crippen LogP contribution in [0.5, 0.6) is 0 Å². The van der Waals surface area contributed by atoms with E-state index < -0.39 is 9.84 Å². The largest absolute Gasteiger partial charge is 0.219 e. The van der Waals surface area contributed by atoms with E-state index in [1.54, 1.807) is 43.3 Å². The first-order chi connectivity index (χ1) is 8.41. The molecule has 2 nitrogen and oxygen atoms in total. The van der Waals surface area contributed by atoms with Gasteiger partial charge in [-0.15, -0.1) is 0 Å². The Morgan fingerprint density at radius 1 is 0.889 bits per heavy atom. The Hall–Kier alpha value is -1.32. The van der Waals surface area contributed by atoms with Gasteiger partial charge in [-0.2, -0.15) is 0 Å². The van der Waals surface area contributed by atoms with Gasteiger partial charge in [0.05, 0.1) is 9.79 Å². The molecule has 0 saturated heterocycles. The SMILES string of the molecule is Cc1ccc(S(=O)(=O)c2ccc(Cl)c(C)c2)cc1. The lowest BCUT2D eigenvalue weighted by Gasteiger charge is -2.06. The van der Waals surface area contributed by atoms with Crippen LogP contribution in [0, 0.1) is 13.8 Å². The van der Waals surface area contributed by atoms with Crippen molar-refractivity contribution in [1.29, 1.82) is 0 Å². The Labute approximate surface area is 112 Å². The van der Waals surface area contributed by atoms with Gasteiger partial charge in [-0.05, 0) is 49.7 Å². The number of sulfone groups is 1. The zero-order valence-electron chi connectivity index (χ0n) is 10.1. The standard InChI is InChI=1S/C14H13ClO2S/c1-10-3-5-12(6-4-10)18(16,17)13-7-8-14(15)11(2)9-13/h3-9H,1-2H3. The van der Waals surface area contributed by atoms with Gasteiger partial charge in [-0.25, -0.2) is 8.42 Å². The maximum atomic E-state index is 12.4. The molecule has 2 aromatic carbocycles. The van der Waals surface area contributed by atoms with Gasteiger partial charge < -0.3 is 0 Å². The average Bonchev–Trinajstić information content (AvgIpc) is 2.33. The van der Waals surface area contributed by atoms with Crippen LogP contribution in [-0.2, 0) is 9.84 Å². The molecule has 0 spiro atoms. The molecule has 0 radical (unpaired) electrons. The van der Waals surface area contributed by atoms with Crippen molar-refractivity contribution in [2.24, 2.45) is 0 Å².